The molecule has 7 rings (SSSR count). The van der Waals surface area contributed by atoms with E-state index in [1.165, 1.54) is 25.3 Å². The number of nitrogens with one attached hydrogen (secondary N) is 1. The average Bonchev–Trinajstić information content (AvgIpc) is 3.26. The Bertz CT molecular complexity index is 1930. The van der Waals surface area contributed by atoms with Crippen molar-refractivity contribution in [1.82, 2.24) is 14.9 Å². The van der Waals surface area contributed by atoms with Crippen LogP contribution >= 0.6 is 24.0 Å². The van der Waals surface area contributed by atoms with Crippen molar-refractivity contribution in [2.24, 2.45) is 0 Å². The lowest BCUT2D eigenvalue weighted by molar-refractivity contribution is -0.125. The number of pyridine rings is 2. The van der Waals surface area contributed by atoms with Crippen LogP contribution in [0.15, 0.2) is 59.8 Å². The number of amides is 1. The number of hydrogen-bond acceptors (Lipinski definition) is 7. The van der Waals surface area contributed by atoms with Crippen LogP contribution in [0, 0.1) is 5.82 Å². The topological polar surface area (TPSA) is 105 Å². The maximum Gasteiger partial charge on any atom is 0.262 e. The summed E-state index contributed by atoms with van der Waals surface area (Å²) in [7, 11) is -2.45. The van der Waals surface area contributed by atoms with E-state index in [1.54, 1.807) is 30.4 Å². The minimum Gasteiger partial charge on any atom is -0.476 e. The van der Waals surface area contributed by atoms with Crippen LogP contribution in [0.2, 0.25) is 5.02 Å². The van der Waals surface area contributed by atoms with E-state index in [0.717, 1.165) is 85.2 Å². The van der Waals surface area contributed by atoms with Crippen molar-refractivity contribution in [2.45, 2.75) is 55.3 Å². The highest BCUT2D eigenvalue weighted by atomic mass is 35.5. The molecule has 1 spiro atoms. The zero-order valence-corrected chi connectivity index (χ0v) is 28.4. The first kappa shape index (κ1) is 33.4. The summed E-state index contributed by atoms with van der Waals surface area (Å²) in [4.78, 5) is 26.3. The van der Waals surface area contributed by atoms with Crippen LogP contribution in [-0.4, -0.2) is 62.5 Å². The molecule has 4 heterocycles. The number of nitrogens with zero attached hydrogens (tertiary/aromatic N) is 4. The standard InChI is InChI=1S/C34H35ClFN5O4S.ClH/c1-40-30-21-37-28-8-7-22(15-27(28)31(30)34(33(40)42)9-5-10-34)23-16-29(39-46(43,44)26-18-24(35)17-25(36)19-26)32(38-20-23)45-14-6-13-41-11-3-2-4-12-41;/h7-8,15-21,39H,2-6,9-14H2,1H3;1H. The smallest absolute Gasteiger partial charge is 0.262 e. The molecule has 9 nitrogen and oxygen atoms in total. The van der Waals surface area contributed by atoms with Crippen LogP contribution in [0.3, 0.4) is 0 Å². The van der Waals surface area contributed by atoms with Gasteiger partial charge in [0.05, 0.1) is 34.3 Å². The summed E-state index contributed by atoms with van der Waals surface area (Å²) < 4.78 is 49.6. The van der Waals surface area contributed by atoms with Gasteiger partial charge < -0.3 is 14.5 Å². The Hall–Kier alpha value is -3.51. The number of benzene rings is 2. The van der Waals surface area contributed by atoms with Crippen LogP contribution < -0.4 is 14.4 Å². The number of halogens is 3. The first-order chi connectivity index (χ1) is 22.1. The Kier molecular flexibility index (Phi) is 9.37. The number of piperidine rings is 1. The minimum absolute atomic E-state index is 0. The van der Waals surface area contributed by atoms with Crippen LogP contribution in [0.5, 0.6) is 5.88 Å². The van der Waals surface area contributed by atoms with Gasteiger partial charge >= 0.3 is 0 Å². The molecule has 1 saturated carbocycles. The fourth-order valence-electron chi connectivity index (χ4n) is 6.98. The number of ether oxygens (including phenoxy) is 1. The summed E-state index contributed by atoms with van der Waals surface area (Å²) in [6, 6.07) is 10.6. The van der Waals surface area contributed by atoms with Gasteiger partial charge in [0.1, 0.15) is 11.5 Å². The maximum absolute atomic E-state index is 14.1. The van der Waals surface area contributed by atoms with Crippen LogP contribution in [0.25, 0.3) is 22.0 Å². The zero-order valence-electron chi connectivity index (χ0n) is 26.0. The number of aromatic nitrogens is 2. The van der Waals surface area contributed by atoms with E-state index < -0.39 is 21.3 Å². The van der Waals surface area contributed by atoms with Gasteiger partial charge in [-0.15, -0.1) is 12.4 Å². The van der Waals surface area contributed by atoms with Gasteiger partial charge in [-0.05, 0) is 87.2 Å². The lowest BCUT2D eigenvalue weighted by Crippen LogP contribution is -2.43. The zero-order chi connectivity index (χ0) is 32.1. The SMILES string of the molecule is CN1C(=O)C2(CCC2)c2c1cnc1ccc(-c3cnc(OCCCN4CCCCC4)c(NS(=O)(=O)c4cc(F)cc(Cl)c4)c3)cc21.Cl. The number of likely N-dealkylation sites (N-methyl/N-ethyl adjacent to an activating group) is 1. The van der Waals surface area contributed by atoms with E-state index in [0.29, 0.717) is 12.2 Å². The molecule has 2 fully saturated rings. The number of fused-ring (bicyclic) bond motifs is 4. The molecule has 2 aromatic carbocycles. The van der Waals surface area contributed by atoms with Crippen molar-refractivity contribution in [2.75, 3.05) is 42.9 Å². The number of carbonyl (C=O) groups excluding carboxylic acids is 1. The average molecular weight is 701 g/mol. The normalized spacial score (nSPS) is 17.3. The summed E-state index contributed by atoms with van der Waals surface area (Å²) in [6.45, 7) is 3.38. The third-order valence-electron chi connectivity index (χ3n) is 9.49. The molecule has 1 aliphatic carbocycles. The molecule has 1 N–H and O–H groups in total. The van der Waals surface area contributed by atoms with Crippen LogP contribution in [-0.2, 0) is 20.2 Å². The molecular weight excluding hydrogens is 664 g/mol. The summed E-state index contributed by atoms with van der Waals surface area (Å²) in [5.41, 5.74) is 3.61. The molecule has 47 heavy (non-hydrogen) atoms. The molecule has 0 radical (unpaired) electrons. The molecule has 1 amide bonds. The Labute approximate surface area is 284 Å². The number of sulfonamides is 1. The Morgan fingerprint density at radius 2 is 1.79 bits per heavy atom. The van der Waals surface area contributed by atoms with Crippen molar-refractivity contribution >= 4 is 62.2 Å². The van der Waals surface area contributed by atoms with E-state index in [1.807, 2.05) is 18.2 Å². The van der Waals surface area contributed by atoms with Crippen molar-refractivity contribution in [3.05, 3.63) is 71.3 Å². The summed E-state index contributed by atoms with van der Waals surface area (Å²) in [5.74, 6) is -0.539. The lowest BCUT2D eigenvalue weighted by Gasteiger charge is -2.37. The molecule has 4 aromatic rings. The Balaban J connectivity index is 0.00000386. The van der Waals surface area contributed by atoms with Gasteiger partial charge in [0.2, 0.25) is 11.8 Å². The Morgan fingerprint density at radius 3 is 2.51 bits per heavy atom. The van der Waals surface area contributed by atoms with Crippen molar-refractivity contribution in [3.63, 3.8) is 0 Å². The molecule has 13 heteroatoms. The van der Waals surface area contributed by atoms with Crippen molar-refractivity contribution < 1.29 is 22.3 Å². The predicted molar refractivity (Wildman–Crippen MR) is 184 cm³/mol. The molecule has 2 aromatic heterocycles. The van der Waals surface area contributed by atoms with Gasteiger partial charge in [-0.2, -0.15) is 0 Å². The van der Waals surface area contributed by atoms with E-state index >= 15 is 0 Å². The molecule has 3 aliphatic rings. The molecule has 248 valence electrons. The number of rotatable bonds is 9. The molecule has 0 unspecified atom stereocenters. The minimum atomic E-state index is -4.25. The molecule has 0 atom stereocenters. The number of carbonyl (C=O) groups is 1. The second-order valence-electron chi connectivity index (χ2n) is 12.4. The van der Waals surface area contributed by atoms with Gasteiger partial charge in [-0.25, -0.2) is 17.8 Å². The van der Waals surface area contributed by atoms with E-state index in [9.17, 15) is 17.6 Å². The fourth-order valence-corrected chi connectivity index (χ4v) is 8.37. The van der Waals surface area contributed by atoms with E-state index in [2.05, 4.69) is 19.6 Å². The number of hydrogen-bond donors (Lipinski definition) is 1. The van der Waals surface area contributed by atoms with E-state index in [4.69, 9.17) is 16.3 Å². The highest BCUT2D eigenvalue weighted by Crippen LogP contribution is 2.55. The first-order valence-corrected chi connectivity index (χ1v) is 17.6. The quantitative estimate of drug-likeness (QED) is 0.188. The first-order valence-electron chi connectivity index (χ1n) is 15.7. The molecular formula is C34H36Cl2FN5O4S. The monoisotopic (exact) mass is 699 g/mol. The summed E-state index contributed by atoms with van der Waals surface area (Å²) in [6.07, 6.45) is 10.4. The van der Waals surface area contributed by atoms with Gasteiger partial charge in [0.15, 0.2) is 0 Å². The second kappa shape index (κ2) is 13.2. The number of anilines is 2. The van der Waals surface area contributed by atoms with Gasteiger partial charge in [-0.3, -0.25) is 14.5 Å². The molecule has 0 bridgehead atoms. The van der Waals surface area contributed by atoms with E-state index in [-0.39, 0.29) is 39.8 Å². The third kappa shape index (κ3) is 6.26. The highest BCUT2D eigenvalue weighted by Gasteiger charge is 2.54. The summed E-state index contributed by atoms with van der Waals surface area (Å²) in [5, 5.41) is 0.856. The van der Waals surface area contributed by atoms with Gasteiger partial charge in [0.25, 0.3) is 10.0 Å². The lowest BCUT2D eigenvalue weighted by atomic mass is 9.64. The van der Waals surface area contributed by atoms with Crippen LogP contribution in [0.1, 0.15) is 50.5 Å². The predicted octanol–water partition coefficient (Wildman–Crippen LogP) is 6.96. The third-order valence-corrected chi connectivity index (χ3v) is 11.1. The van der Waals surface area contributed by atoms with Gasteiger partial charge in [0, 0.05) is 41.3 Å². The second-order valence-corrected chi connectivity index (χ2v) is 14.6. The summed E-state index contributed by atoms with van der Waals surface area (Å²) >= 11 is 5.98. The maximum atomic E-state index is 14.1. The highest BCUT2D eigenvalue weighted by molar-refractivity contribution is 7.92. The largest absolute Gasteiger partial charge is 0.476 e. The fraction of sp³-hybridized carbons (Fsp3) is 0.382. The molecule has 2 aliphatic heterocycles. The number of likely N-dealkylation sites (tertiary alicyclic amines) is 1. The van der Waals surface area contributed by atoms with Crippen molar-refractivity contribution in [1.29, 1.82) is 0 Å². The molecule has 1 saturated heterocycles. The Morgan fingerprint density at radius 1 is 1.00 bits per heavy atom. The van der Waals surface area contributed by atoms with Crippen molar-refractivity contribution in [3.8, 4) is 17.0 Å². The van der Waals surface area contributed by atoms with Crippen LogP contribution in [0.4, 0.5) is 15.8 Å². The van der Waals surface area contributed by atoms with Gasteiger partial charge in [-0.1, -0.05) is 30.5 Å².